The Balaban J connectivity index is 1.49. The number of benzene rings is 3. The molecule has 4 aromatic rings. The van der Waals surface area contributed by atoms with Crippen molar-refractivity contribution >= 4 is 22.7 Å². The third-order valence-corrected chi connectivity index (χ3v) is 4.49. The molecule has 0 radical (unpaired) electrons. The van der Waals surface area contributed by atoms with Crippen LogP contribution in [0.25, 0.3) is 22.6 Å². The van der Waals surface area contributed by atoms with E-state index in [4.69, 9.17) is 9.15 Å². The maximum atomic E-state index is 12.3. The molecule has 1 aromatic heterocycles. The number of para-hydroxylation sites is 1. The lowest BCUT2D eigenvalue weighted by atomic mass is 10.1. The molecular formula is C23H20N2O3. The number of amides is 1. The number of carbonyl (C=O) groups is 1. The van der Waals surface area contributed by atoms with E-state index < -0.39 is 0 Å². The molecule has 0 aliphatic heterocycles. The summed E-state index contributed by atoms with van der Waals surface area (Å²) in [6.45, 7) is 0. The maximum absolute atomic E-state index is 12.3. The van der Waals surface area contributed by atoms with Crippen molar-refractivity contribution in [3.8, 4) is 17.2 Å². The van der Waals surface area contributed by atoms with Gasteiger partial charge in [-0.25, -0.2) is 4.98 Å². The van der Waals surface area contributed by atoms with Gasteiger partial charge in [-0.2, -0.15) is 0 Å². The van der Waals surface area contributed by atoms with E-state index in [1.165, 1.54) is 0 Å². The van der Waals surface area contributed by atoms with Crippen LogP contribution in [0.5, 0.6) is 5.75 Å². The number of aryl methyl sites for hydroxylation is 1. The molecular weight excluding hydrogens is 352 g/mol. The Labute approximate surface area is 163 Å². The van der Waals surface area contributed by atoms with E-state index in [1.807, 2.05) is 66.7 Å². The number of nitrogens with zero attached hydrogens (tertiary/aromatic N) is 1. The van der Waals surface area contributed by atoms with E-state index in [2.05, 4.69) is 10.3 Å². The molecule has 0 saturated carbocycles. The molecule has 1 N–H and O–H groups in total. The number of carbonyl (C=O) groups excluding carboxylic acids is 1. The average Bonchev–Trinajstić information content (AvgIpc) is 3.16. The van der Waals surface area contributed by atoms with Crippen molar-refractivity contribution in [3.05, 3.63) is 78.4 Å². The molecule has 0 aliphatic rings. The van der Waals surface area contributed by atoms with Gasteiger partial charge in [-0.05, 0) is 36.2 Å². The molecule has 1 amide bonds. The number of oxazole rings is 1. The highest BCUT2D eigenvalue weighted by Crippen LogP contribution is 2.32. The fraction of sp³-hybridized carbons (Fsp3) is 0.130. The normalized spacial score (nSPS) is 10.8. The first-order chi connectivity index (χ1) is 13.7. The number of fused-ring (bicyclic) bond motifs is 1. The largest absolute Gasteiger partial charge is 0.496 e. The molecule has 3 aromatic carbocycles. The van der Waals surface area contributed by atoms with E-state index in [1.54, 1.807) is 13.2 Å². The minimum atomic E-state index is -0.0346. The van der Waals surface area contributed by atoms with Crippen molar-refractivity contribution in [2.45, 2.75) is 12.8 Å². The molecule has 0 aliphatic carbocycles. The van der Waals surface area contributed by atoms with E-state index in [0.717, 1.165) is 16.6 Å². The first kappa shape index (κ1) is 17.8. The molecule has 28 heavy (non-hydrogen) atoms. The van der Waals surface area contributed by atoms with Crippen molar-refractivity contribution in [1.82, 2.24) is 4.98 Å². The molecule has 140 valence electrons. The lowest BCUT2D eigenvalue weighted by molar-refractivity contribution is -0.116. The van der Waals surface area contributed by atoms with Crippen LogP contribution in [0.3, 0.4) is 0 Å². The van der Waals surface area contributed by atoms with Gasteiger partial charge in [-0.1, -0.05) is 42.5 Å². The zero-order chi connectivity index (χ0) is 19.3. The van der Waals surface area contributed by atoms with Crippen molar-refractivity contribution in [2.75, 3.05) is 12.4 Å². The number of hydrogen-bond acceptors (Lipinski definition) is 4. The van der Waals surface area contributed by atoms with Crippen LogP contribution in [-0.2, 0) is 11.2 Å². The Kier molecular flexibility index (Phi) is 5.06. The minimum Gasteiger partial charge on any atom is -0.496 e. The van der Waals surface area contributed by atoms with Crippen LogP contribution in [0.2, 0.25) is 0 Å². The zero-order valence-electron chi connectivity index (χ0n) is 15.5. The Morgan fingerprint density at radius 1 is 1.04 bits per heavy atom. The van der Waals surface area contributed by atoms with Gasteiger partial charge >= 0.3 is 0 Å². The van der Waals surface area contributed by atoms with Crippen LogP contribution in [0.4, 0.5) is 5.69 Å². The van der Waals surface area contributed by atoms with Crippen LogP contribution in [0.15, 0.2) is 77.2 Å². The molecule has 1 heterocycles. The SMILES string of the molecule is COc1ccccc1-c1nc2ccc(NC(=O)CCc3ccccc3)cc2o1. The summed E-state index contributed by atoms with van der Waals surface area (Å²) in [6.07, 6.45) is 1.13. The second kappa shape index (κ2) is 7.96. The Hall–Kier alpha value is -3.60. The van der Waals surface area contributed by atoms with E-state index in [0.29, 0.717) is 35.8 Å². The highest BCUT2D eigenvalue weighted by molar-refractivity contribution is 5.93. The third-order valence-electron chi connectivity index (χ3n) is 4.49. The second-order valence-electron chi connectivity index (χ2n) is 6.44. The summed E-state index contributed by atoms with van der Waals surface area (Å²) >= 11 is 0. The Morgan fingerprint density at radius 3 is 2.64 bits per heavy atom. The van der Waals surface area contributed by atoms with Crippen molar-refractivity contribution in [3.63, 3.8) is 0 Å². The number of aromatic nitrogens is 1. The van der Waals surface area contributed by atoms with E-state index >= 15 is 0 Å². The standard InChI is InChI=1S/C23H20N2O3/c1-27-20-10-6-5-9-18(20)23-25-19-13-12-17(15-21(19)28-23)24-22(26)14-11-16-7-3-2-4-8-16/h2-10,12-13,15H,11,14H2,1H3,(H,24,26). The van der Waals surface area contributed by atoms with E-state index in [-0.39, 0.29) is 5.91 Å². The van der Waals surface area contributed by atoms with Gasteiger partial charge < -0.3 is 14.5 Å². The van der Waals surface area contributed by atoms with Crippen LogP contribution >= 0.6 is 0 Å². The van der Waals surface area contributed by atoms with Gasteiger partial charge in [0, 0.05) is 18.2 Å². The highest BCUT2D eigenvalue weighted by atomic mass is 16.5. The lowest BCUT2D eigenvalue weighted by Crippen LogP contribution is -2.12. The predicted octanol–water partition coefficient (Wildman–Crippen LogP) is 5.07. The molecule has 5 heteroatoms. The molecule has 0 atom stereocenters. The molecule has 4 rings (SSSR count). The third kappa shape index (κ3) is 3.88. The number of nitrogens with one attached hydrogen (secondary N) is 1. The van der Waals surface area contributed by atoms with Gasteiger partial charge in [0.15, 0.2) is 5.58 Å². The van der Waals surface area contributed by atoms with Gasteiger partial charge in [-0.3, -0.25) is 4.79 Å². The number of ether oxygens (including phenoxy) is 1. The monoisotopic (exact) mass is 372 g/mol. The summed E-state index contributed by atoms with van der Waals surface area (Å²) in [5.41, 5.74) is 3.96. The topological polar surface area (TPSA) is 64.4 Å². The quantitative estimate of drug-likeness (QED) is 0.513. The first-order valence-electron chi connectivity index (χ1n) is 9.11. The number of methoxy groups -OCH3 is 1. The Bertz CT molecular complexity index is 1100. The van der Waals surface area contributed by atoms with Crippen LogP contribution in [-0.4, -0.2) is 18.0 Å². The lowest BCUT2D eigenvalue weighted by Gasteiger charge is -2.05. The molecule has 0 bridgehead atoms. The maximum Gasteiger partial charge on any atom is 0.231 e. The van der Waals surface area contributed by atoms with Gasteiger partial charge in [0.2, 0.25) is 11.8 Å². The predicted molar refractivity (Wildman–Crippen MR) is 109 cm³/mol. The van der Waals surface area contributed by atoms with Gasteiger partial charge in [0.1, 0.15) is 11.3 Å². The summed E-state index contributed by atoms with van der Waals surface area (Å²) in [5, 5.41) is 2.92. The second-order valence-corrected chi connectivity index (χ2v) is 6.44. The first-order valence-corrected chi connectivity index (χ1v) is 9.11. The van der Waals surface area contributed by atoms with Crippen LogP contribution in [0, 0.1) is 0 Å². The molecule has 0 saturated heterocycles. The van der Waals surface area contributed by atoms with Crippen molar-refractivity contribution in [2.24, 2.45) is 0 Å². The summed E-state index contributed by atoms with van der Waals surface area (Å²) in [7, 11) is 1.62. The van der Waals surface area contributed by atoms with Crippen LogP contribution in [0.1, 0.15) is 12.0 Å². The zero-order valence-corrected chi connectivity index (χ0v) is 15.5. The number of anilines is 1. The van der Waals surface area contributed by atoms with E-state index in [9.17, 15) is 4.79 Å². The smallest absolute Gasteiger partial charge is 0.231 e. The van der Waals surface area contributed by atoms with Gasteiger partial charge in [-0.15, -0.1) is 0 Å². The van der Waals surface area contributed by atoms with Gasteiger partial charge in [0.05, 0.1) is 12.7 Å². The van der Waals surface area contributed by atoms with Crippen molar-refractivity contribution in [1.29, 1.82) is 0 Å². The number of hydrogen-bond donors (Lipinski definition) is 1. The summed E-state index contributed by atoms with van der Waals surface area (Å²) < 4.78 is 11.3. The van der Waals surface area contributed by atoms with Crippen LogP contribution < -0.4 is 10.1 Å². The fourth-order valence-corrected chi connectivity index (χ4v) is 3.06. The highest BCUT2D eigenvalue weighted by Gasteiger charge is 2.13. The fourth-order valence-electron chi connectivity index (χ4n) is 3.06. The van der Waals surface area contributed by atoms with Crippen molar-refractivity contribution < 1.29 is 13.9 Å². The Morgan fingerprint density at radius 2 is 1.82 bits per heavy atom. The average molecular weight is 372 g/mol. The summed E-state index contributed by atoms with van der Waals surface area (Å²) in [5.74, 6) is 1.15. The molecule has 0 fully saturated rings. The molecule has 0 spiro atoms. The molecule has 0 unspecified atom stereocenters. The number of rotatable bonds is 6. The minimum absolute atomic E-state index is 0.0346. The molecule has 5 nitrogen and oxygen atoms in total. The summed E-state index contributed by atoms with van der Waals surface area (Å²) in [6, 6.07) is 23.0. The van der Waals surface area contributed by atoms with Gasteiger partial charge in [0.25, 0.3) is 0 Å². The summed E-state index contributed by atoms with van der Waals surface area (Å²) in [4.78, 5) is 16.8.